The van der Waals surface area contributed by atoms with E-state index in [9.17, 15) is 9.59 Å². The van der Waals surface area contributed by atoms with E-state index in [4.69, 9.17) is 16.3 Å². The molecule has 2 heterocycles. The number of nitrogens with zero attached hydrogens (tertiary/aromatic N) is 2. The molecule has 8 nitrogen and oxygen atoms in total. The molecule has 5 rings (SSSR count). The SMILES string of the molecule is COc1ccccc1NC(=O)C1=C(C)Nc2c(C(=O)Nc3ccc(C)cc3)cnn2[C@H]1c1cccc(Cl)c1. The highest BCUT2D eigenvalue weighted by molar-refractivity contribution is 6.30. The van der Waals surface area contributed by atoms with E-state index in [1.807, 2.05) is 55.5 Å². The number of ether oxygens (including phenoxy) is 1. The fourth-order valence-electron chi connectivity index (χ4n) is 4.47. The molecule has 1 atom stereocenters. The number of fused-ring (bicyclic) bond motifs is 1. The summed E-state index contributed by atoms with van der Waals surface area (Å²) in [4.78, 5) is 26.9. The highest BCUT2D eigenvalue weighted by atomic mass is 35.5. The predicted molar refractivity (Wildman–Crippen MR) is 149 cm³/mol. The molecule has 0 unspecified atom stereocenters. The summed E-state index contributed by atoms with van der Waals surface area (Å²) < 4.78 is 7.04. The van der Waals surface area contributed by atoms with Crippen molar-refractivity contribution in [2.45, 2.75) is 19.9 Å². The summed E-state index contributed by atoms with van der Waals surface area (Å²) in [5, 5.41) is 14.2. The number of halogens is 1. The van der Waals surface area contributed by atoms with Gasteiger partial charge in [-0.2, -0.15) is 5.10 Å². The fourth-order valence-corrected chi connectivity index (χ4v) is 4.67. The Morgan fingerprint density at radius 2 is 1.74 bits per heavy atom. The van der Waals surface area contributed by atoms with Crippen LogP contribution < -0.4 is 20.7 Å². The van der Waals surface area contributed by atoms with Crippen molar-refractivity contribution in [3.63, 3.8) is 0 Å². The fraction of sp³-hybridized carbons (Fsp3) is 0.138. The molecule has 0 aliphatic carbocycles. The van der Waals surface area contributed by atoms with E-state index in [-0.39, 0.29) is 11.8 Å². The summed E-state index contributed by atoms with van der Waals surface area (Å²) in [5.41, 5.74) is 4.41. The zero-order chi connectivity index (χ0) is 26.8. The van der Waals surface area contributed by atoms with Crippen LogP contribution in [-0.4, -0.2) is 28.7 Å². The number of hydrogen-bond donors (Lipinski definition) is 3. The number of benzene rings is 3. The molecule has 0 saturated carbocycles. The largest absolute Gasteiger partial charge is 0.495 e. The van der Waals surface area contributed by atoms with Gasteiger partial charge in [-0.3, -0.25) is 9.59 Å². The van der Waals surface area contributed by atoms with Crippen molar-refractivity contribution in [3.8, 4) is 5.75 Å². The van der Waals surface area contributed by atoms with Gasteiger partial charge in [0.1, 0.15) is 23.2 Å². The van der Waals surface area contributed by atoms with Crippen molar-refractivity contribution in [2.75, 3.05) is 23.1 Å². The Morgan fingerprint density at radius 3 is 2.47 bits per heavy atom. The van der Waals surface area contributed by atoms with E-state index in [1.165, 1.54) is 6.20 Å². The Morgan fingerprint density at radius 1 is 0.974 bits per heavy atom. The van der Waals surface area contributed by atoms with Gasteiger partial charge in [-0.15, -0.1) is 0 Å². The molecule has 1 aliphatic rings. The Kier molecular flexibility index (Phi) is 6.89. The molecule has 9 heteroatoms. The second-order valence-electron chi connectivity index (χ2n) is 8.95. The summed E-state index contributed by atoms with van der Waals surface area (Å²) in [6.45, 7) is 3.78. The van der Waals surface area contributed by atoms with Crippen LogP contribution in [0.15, 0.2) is 90.3 Å². The van der Waals surface area contributed by atoms with Gasteiger partial charge in [0, 0.05) is 16.4 Å². The Balaban J connectivity index is 1.54. The van der Waals surface area contributed by atoms with Gasteiger partial charge in [0.25, 0.3) is 11.8 Å². The maximum Gasteiger partial charge on any atom is 0.261 e. The minimum absolute atomic E-state index is 0.317. The van der Waals surface area contributed by atoms with E-state index in [0.29, 0.717) is 44.8 Å². The van der Waals surface area contributed by atoms with Crippen LogP contribution in [-0.2, 0) is 4.79 Å². The zero-order valence-corrected chi connectivity index (χ0v) is 21.8. The second-order valence-corrected chi connectivity index (χ2v) is 9.38. The summed E-state index contributed by atoms with van der Waals surface area (Å²) in [5.74, 6) is 0.362. The molecule has 0 spiro atoms. The van der Waals surface area contributed by atoms with Crippen LogP contribution in [0.5, 0.6) is 5.75 Å². The molecule has 1 aliphatic heterocycles. The third-order valence-corrected chi connectivity index (χ3v) is 6.58. The predicted octanol–water partition coefficient (Wildman–Crippen LogP) is 6.03. The van der Waals surface area contributed by atoms with Crippen LogP contribution in [0.2, 0.25) is 5.02 Å². The highest BCUT2D eigenvalue weighted by Gasteiger charge is 2.35. The number of anilines is 3. The van der Waals surface area contributed by atoms with E-state index < -0.39 is 6.04 Å². The summed E-state index contributed by atoms with van der Waals surface area (Å²) >= 11 is 6.34. The van der Waals surface area contributed by atoms with E-state index in [0.717, 1.165) is 11.1 Å². The molecule has 0 saturated heterocycles. The number of carbonyl (C=O) groups is 2. The lowest BCUT2D eigenvalue weighted by molar-refractivity contribution is -0.113. The number of aromatic nitrogens is 2. The average Bonchev–Trinajstić information content (AvgIpc) is 3.33. The van der Waals surface area contributed by atoms with Crippen LogP contribution in [0.1, 0.15) is 34.5 Å². The smallest absolute Gasteiger partial charge is 0.261 e. The number of carbonyl (C=O) groups excluding carboxylic acids is 2. The first-order valence-corrected chi connectivity index (χ1v) is 12.4. The minimum atomic E-state index is -0.638. The van der Waals surface area contributed by atoms with Crippen molar-refractivity contribution in [3.05, 3.63) is 112 Å². The maximum atomic E-state index is 13.7. The van der Waals surface area contributed by atoms with Crippen molar-refractivity contribution < 1.29 is 14.3 Å². The molecule has 0 radical (unpaired) electrons. The monoisotopic (exact) mass is 527 g/mol. The first-order chi connectivity index (χ1) is 18.4. The molecule has 4 aromatic rings. The van der Waals surface area contributed by atoms with Gasteiger partial charge in [-0.1, -0.05) is 53.6 Å². The lowest BCUT2D eigenvalue weighted by Gasteiger charge is -2.30. The lowest BCUT2D eigenvalue weighted by atomic mass is 9.94. The normalized spacial score (nSPS) is 14.4. The first-order valence-electron chi connectivity index (χ1n) is 12.0. The molecule has 3 N–H and O–H groups in total. The van der Waals surface area contributed by atoms with E-state index in [1.54, 1.807) is 43.0 Å². The van der Waals surface area contributed by atoms with Gasteiger partial charge < -0.3 is 20.7 Å². The summed E-state index contributed by atoms with van der Waals surface area (Å²) in [6, 6.07) is 21.3. The molecular weight excluding hydrogens is 502 g/mol. The quantitative estimate of drug-likeness (QED) is 0.284. The second kappa shape index (κ2) is 10.4. The standard InChI is InChI=1S/C29H26ClN5O3/c1-17-11-13-21(14-12-17)33-28(36)22-16-31-35-26(19-7-6-8-20(30)15-19)25(18(2)32-27(22)35)29(37)34-23-9-4-5-10-24(23)38-3/h4-16,26,32H,1-3H3,(H,33,36)(H,34,37)/t26-/m0/s1. The van der Waals surface area contributed by atoms with Gasteiger partial charge in [0.15, 0.2) is 0 Å². The lowest BCUT2D eigenvalue weighted by Crippen LogP contribution is -2.32. The minimum Gasteiger partial charge on any atom is -0.495 e. The number of methoxy groups -OCH3 is 1. The first kappa shape index (κ1) is 25.1. The van der Waals surface area contributed by atoms with Crippen LogP contribution in [0, 0.1) is 6.92 Å². The van der Waals surface area contributed by atoms with Gasteiger partial charge in [0.2, 0.25) is 0 Å². The van der Waals surface area contributed by atoms with Crippen LogP contribution in [0.3, 0.4) is 0 Å². The molecule has 3 aromatic carbocycles. The van der Waals surface area contributed by atoms with Crippen LogP contribution in [0.25, 0.3) is 0 Å². The third-order valence-electron chi connectivity index (χ3n) is 6.34. The van der Waals surface area contributed by atoms with Crippen molar-refractivity contribution in [2.24, 2.45) is 0 Å². The van der Waals surface area contributed by atoms with Gasteiger partial charge >= 0.3 is 0 Å². The maximum absolute atomic E-state index is 13.7. The molecule has 38 heavy (non-hydrogen) atoms. The summed E-state index contributed by atoms with van der Waals surface area (Å²) in [7, 11) is 1.55. The number of para-hydroxylation sites is 2. The Hall–Kier alpha value is -4.56. The molecule has 2 amide bonds. The molecule has 192 valence electrons. The molecule has 0 fully saturated rings. The zero-order valence-electron chi connectivity index (χ0n) is 21.1. The topological polar surface area (TPSA) is 97.3 Å². The number of rotatable bonds is 6. The average molecular weight is 528 g/mol. The van der Waals surface area contributed by atoms with Gasteiger partial charge in [-0.25, -0.2) is 4.68 Å². The summed E-state index contributed by atoms with van der Waals surface area (Å²) in [6.07, 6.45) is 1.50. The Labute approximate surface area is 225 Å². The van der Waals surface area contributed by atoms with Gasteiger partial charge in [-0.05, 0) is 55.8 Å². The molecule has 0 bridgehead atoms. The number of amides is 2. The number of nitrogens with one attached hydrogen (secondary N) is 3. The van der Waals surface area contributed by atoms with Crippen molar-refractivity contribution in [1.82, 2.24) is 9.78 Å². The molecular formula is C29H26ClN5O3. The van der Waals surface area contributed by atoms with Gasteiger partial charge in [0.05, 0.1) is 24.6 Å². The van der Waals surface area contributed by atoms with Crippen LogP contribution in [0.4, 0.5) is 17.2 Å². The number of allylic oxidation sites excluding steroid dienone is 1. The van der Waals surface area contributed by atoms with Crippen molar-refractivity contribution in [1.29, 1.82) is 0 Å². The number of hydrogen-bond acceptors (Lipinski definition) is 5. The number of aryl methyl sites for hydroxylation is 1. The highest BCUT2D eigenvalue weighted by Crippen LogP contribution is 2.39. The third kappa shape index (κ3) is 4.86. The van der Waals surface area contributed by atoms with E-state index in [2.05, 4.69) is 21.0 Å². The Bertz CT molecular complexity index is 1560. The van der Waals surface area contributed by atoms with E-state index >= 15 is 0 Å². The molecule has 1 aromatic heterocycles. The van der Waals surface area contributed by atoms with Crippen molar-refractivity contribution >= 4 is 40.6 Å². The van der Waals surface area contributed by atoms with Crippen LogP contribution >= 0.6 is 11.6 Å².